The highest BCUT2D eigenvalue weighted by Crippen LogP contribution is 2.32. The molecular formula is C23H26F2N4O. The largest absolute Gasteiger partial charge is 0.367 e. The van der Waals surface area contributed by atoms with Gasteiger partial charge in [-0.15, -0.1) is 0 Å². The van der Waals surface area contributed by atoms with E-state index in [9.17, 15) is 13.6 Å². The highest BCUT2D eigenvalue weighted by Gasteiger charge is 2.24. The van der Waals surface area contributed by atoms with Crippen LogP contribution in [0.4, 0.5) is 25.8 Å². The molecule has 2 aliphatic heterocycles. The zero-order valence-corrected chi connectivity index (χ0v) is 17.0. The second-order valence-corrected chi connectivity index (χ2v) is 7.69. The first-order valence-electron chi connectivity index (χ1n) is 10.4. The molecule has 0 saturated carbocycles. The second kappa shape index (κ2) is 8.83. The summed E-state index contributed by atoms with van der Waals surface area (Å²) < 4.78 is 28.1. The average Bonchev–Trinajstić information content (AvgIpc) is 3.05. The van der Waals surface area contributed by atoms with Gasteiger partial charge in [-0.3, -0.25) is 9.69 Å². The lowest BCUT2D eigenvalue weighted by atomic mass is 10.1. The van der Waals surface area contributed by atoms with E-state index in [1.54, 1.807) is 18.2 Å². The third-order valence-electron chi connectivity index (χ3n) is 5.64. The summed E-state index contributed by atoms with van der Waals surface area (Å²) in [5, 5.41) is 5.62. The highest BCUT2D eigenvalue weighted by molar-refractivity contribution is 6.31. The van der Waals surface area contributed by atoms with Crippen molar-refractivity contribution in [1.29, 1.82) is 0 Å². The summed E-state index contributed by atoms with van der Waals surface area (Å²) in [7, 11) is 0. The van der Waals surface area contributed by atoms with Crippen LogP contribution in [0.2, 0.25) is 0 Å². The molecule has 158 valence electrons. The van der Waals surface area contributed by atoms with Gasteiger partial charge in [-0.1, -0.05) is 13.3 Å². The normalized spacial score (nSPS) is 17.9. The Morgan fingerprint density at radius 3 is 2.63 bits per heavy atom. The first-order valence-corrected chi connectivity index (χ1v) is 10.4. The molecule has 0 aromatic heterocycles. The number of piperazine rings is 1. The number of unbranched alkanes of at least 4 members (excludes halogenated alkanes) is 1. The number of hydrogen-bond acceptors (Lipinski definition) is 4. The predicted octanol–water partition coefficient (Wildman–Crippen LogP) is 4.29. The monoisotopic (exact) mass is 412 g/mol. The molecular weight excluding hydrogens is 386 g/mol. The Morgan fingerprint density at radius 1 is 1.10 bits per heavy atom. The van der Waals surface area contributed by atoms with Crippen LogP contribution in [-0.4, -0.2) is 43.5 Å². The van der Waals surface area contributed by atoms with E-state index in [1.165, 1.54) is 37.2 Å². The Balaban J connectivity index is 1.42. The Morgan fingerprint density at radius 2 is 1.90 bits per heavy atom. The Hall–Kier alpha value is -2.93. The van der Waals surface area contributed by atoms with Crippen molar-refractivity contribution in [3.8, 4) is 0 Å². The van der Waals surface area contributed by atoms with Gasteiger partial charge in [-0.2, -0.15) is 0 Å². The van der Waals surface area contributed by atoms with Gasteiger partial charge in [0.1, 0.15) is 11.6 Å². The summed E-state index contributed by atoms with van der Waals surface area (Å²) in [4.78, 5) is 16.7. The van der Waals surface area contributed by atoms with E-state index >= 15 is 0 Å². The van der Waals surface area contributed by atoms with E-state index in [-0.39, 0.29) is 11.7 Å². The van der Waals surface area contributed by atoms with Gasteiger partial charge in [0.15, 0.2) is 0 Å². The van der Waals surface area contributed by atoms with Crippen molar-refractivity contribution < 1.29 is 13.6 Å². The minimum atomic E-state index is -0.410. The van der Waals surface area contributed by atoms with Crippen molar-refractivity contribution in [1.82, 2.24) is 4.90 Å². The van der Waals surface area contributed by atoms with Crippen LogP contribution in [0.3, 0.4) is 0 Å². The highest BCUT2D eigenvalue weighted by atomic mass is 19.1. The van der Waals surface area contributed by atoms with Crippen molar-refractivity contribution in [2.45, 2.75) is 19.8 Å². The Labute approximate surface area is 175 Å². The zero-order chi connectivity index (χ0) is 21.1. The van der Waals surface area contributed by atoms with Gasteiger partial charge in [0, 0.05) is 43.6 Å². The minimum Gasteiger partial charge on any atom is -0.367 e. The van der Waals surface area contributed by atoms with Crippen LogP contribution in [-0.2, 0) is 4.79 Å². The van der Waals surface area contributed by atoms with Gasteiger partial charge in [-0.05, 0) is 49.4 Å². The maximum atomic E-state index is 14.8. The molecule has 0 bridgehead atoms. The molecule has 0 aliphatic carbocycles. The van der Waals surface area contributed by atoms with Gasteiger partial charge in [0.2, 0.25) is 0 Å². The van der Waals surface area contributed by atoms with Crippen LogP contribution >= 0.6 is 0 Å². The number of benzene rings is 2. The minimum absolute atomic E-state index is 0.293. The van der Waals surface area contributed by atoms with E-state index in [0.717, 1.165) is 32.7 Å². The number of nitrogens with zero attached hydrogens (tertiary/aromatic N) is 2. The SMILES string of the molecule is CCCCN1CCN(c2ccc(N/C=C3/C(=O)Nc4cc(F)ccc43)cc2F)CC1. The standard InChI is InChI=1S/C23H26F2N4O/c1-2-3-8-28-9-11-29(12-10-28)22-7-5-17(14-20(22)25)26-15-19-18-6-4-16(24)13-21(18)27-23(19)30/h4-7,13-15,26H,2-3,8-12H2,1H3,(H,27,30)/b19-15+. The van der Waals surface area contributed by atoms with Gasteiger partial charge in [-0.25, -0.2) is 8.78 Å². The molecule has 0 radical (unpaired) electrons. The maximum Gasteiger partial charge on any atom is 0.257 e. The lowest BCUT2D eigenvalue weighted by Gasteiger charge is -2.36. The molecule has 0 atom stereocenters. The fourth-order valence-electron chi connectivity index (χ4n) is 3.91. The lowest BCUT2D eigenvalue weighted by Crippen LogP contribution is -2.46. The molecule has 2 aromatic rings. The number of carbonyl (C=O) groups excluding carboxylic acids is 1. The molecule has 2 N–H and O–H groups in total. The van der Waals surface area contributed by atoms with Crippen molar-refractivity contribution in [3.05, 3.63) is 59.8 Å². The van der Waals surface area contributed by atoms with E-state index in [2.05, 4.69) is 27.4 Å². The predicted molar refractivity (Wildman–Crippen MR) is 117 cm³/mol. The van der Waals surface area contributed by atoms with E-state index in [0.29, 0.717) is 28.2 Å². The average molecular weight is 412 g/mol. The molecule has 2 heterocycles. The molecule has 7 heteroatoms. The molecule has 2 aliphatic rings. The molecule has 1 saturated heterocycles. The van der Waals surface area contributed by atoms with Crippen molar-refractivity contribution in [2.75, 3.05) is 48.3 Å². The van der Waals surface area contributed by atoms with E-state index in [4.69, 9.17) is 0 Å². The fraction of sp³-hybridized carbons (Fsp3) is 0.348. The smallest absolute Gasteiger partial charge is 0.257 e. The first-order chi connectivity index (χ1) is 14.5. The second-order valence-electron chi connectivity index (χ2n) is 7.69. The third-order valence-corrected chi connectivity index (χ3v) is 5.64. The molecule has 2 aromatic carbocycles. The molecule has 5 nitrogen and oxygen atoms in total. The number of halogens is 2. The number of amides is 1. The van der Waals surface area contributed by atoms with Crippen molar-refractivity contribution >= 4 is 28.5 Å². The van der Waals surface area contributed by atoms with E-state index < -0.39 is 5.82 Å². The van der Waals surface area contributed by atoms with Crippen LogP contribution in [0, 0.1) is 11.6 Å². The fourth-order valence-corrected chi connectivity index (χ4v) is 3.91. The summed E-state index contributed by atoms with van der Waals surface area (Å²) in [6.07, 6.45) is 3.91. The van der Waals surface area contributed by atoms with Gasteiger partial charge < -0.3 is 15.5 Å². The summed E-state index contributed by atoms with van der Waals surface area (Å²) in [5.74, 6) is -1.02. The molecule has 1 fully saturated rings. The van der Waals surface area contributed by atoms with Crippen LogP contribution in [0.25, 0.3) is 5.57 Å². The van der Waals surface area contributed by atoms with Crippen LogP contribution in [0.5, 0.6) is 0 Å². The number of fused-ring (bicyclic) bond motifs is 1. The summed E-state index contributed by atoms with van der Waals surface area (Å²) in [6.45, 7) is 6.81. The molecule has 0 spiro atoms. The number of nitrogens with one attached hydrogen (secondary N) is 2. The summed E-state index contributed by atoms with van der Waals surface area (Å²) >= 11 is 0. The summed E-state index contributed by atoms with van der Waals surface area (Å²) in [5.41, 5.74) is 2.59. The van der Waals surface area contributed by atoms with Gasteiger partial charge >= 0.3 is 0 Å². The van der Waals surface area contributed by atoms with Gasteiger partial charge in [0.05, 0.1) is 16.9 Å². The Bertz CT molecular complexity index is 968. The van der Waals surface area contributed by atoms with Crippen LogP contribution in [0.15, 0.2) is 42.6 Å². The maximum absolute atomic E-state index is 14.8. The lowest BCUT2D eigenvalue weighted by molar-refractivity contribution is -0.110. The topological polar surface area (TPSA) is 47.6 Å². The molecule has 4 rings (SSSR count). The number of carbonyl (C=O) groups is 1. The zero-order valence-electron chi connectivity index (χ0n) is 17.0. The first kappa shape index (κ1) is 20.3. The quantitative estimate of drug-likeness (QED) is 0.695. The number of rotatable bonds is 6. The number of anilines is 3. The van der Waals surface area contributed by atoms with Crippen LogP contribution in [0.1, 0.15) is 25.3 Å². The Kier molecular flexibility index (Phi) is 5.99. The molecule has 1 amide bonds. The van der Waals surface area contributed by atoms with E-state index in [1.807, 2.05) is 0 Å². The summed E-state index contributed by atoms with van der Waals surface area (Å²) in [6, 6.07) is 9.16. The van der Waals surface area contributed by atoms with Crippen molar-refractivity contribution in [3.63, 3.8) is 0 Å². The molecule has 30 heavy (non-hydrogen) atoms. The third kappa shape index (κ3) is 4.31. The van der Waals surface area contributed by atoms with Crippen LogP contribution < -0.4 is 15.5 Å². The van der Waals surface area contributed by atoms with Crippen molar-refractivity contribution in [2.24, 2.45) is 0 Å². The molecule has 0 unspecified atom stereocenters. The number of hydrogen-bond donors (Lipinski definition) is 2. The van der Waals surface area contributed by atoms with Gasteiger partial charge in [0.25, 0.3) is 5.91 Å².